The summed E-state index contributed by atoms with van der Waals surface area (Å²) in [7, 11) is 6.40. The van der Waals surface area contributed by atoms with Gasteiger partial charge >= 0.3 is 5.97 Å². The lowest BCUT2D eigenvalue weighted by Gasteiger charge is -2.35. The minimum Gasteiger partial charge on any atom is -0.459 e. The third-order valence-corrected chi connectivity index (χ3v) is 8.61. The molecule has 2 N–H and O–H groups in total. The molecule has 5 heterocycles. The van der Waals surface area contributed by atoms with E-state index in [2.05, 4.69) is 75.4 Å². The zero-order chi connectivity index (χ0) is 28.3. The molecule has 2 saturated heterocycles. The van der Waals surface area contributed by atoms with Gasteiger partial charge < -0.3 is 24.5 Å². The summed E-state index contributed by atoms with van der Waals surface area (Å²) in [6.07, 6.45) is 12.7. The van der Waals surface area contributed by atoms with Gasteiger partial charge in [-0.25, -0.2) is 14.5 Å². The minimum absolute atomic E-state index is 0.0693. The lowest BCUT2D eigenvalue weighted by atomic mass is 10.0. The molecule has 3 atom stereocenters. The Labute approximate surface area is 240 Å². The molecule has 2 aliphatic heterocycles. The monoisotopic (exact) mass is 553 g/mol. The van der Waals surface area contributed by atoms with Gasteiger partial charge in [-0.05, 0) is 69.7 Å². The largest absolute Gasteiger partial charge is 0.459 e. The van der Waals surface area contributed by atoms with E-state index in [4.69, 9.17) is 4.74 Å². The van der Waals surface area contributed by atoms with Gasteiger partial charge in [-0.2, -0.15) is 5.10 Å². The SMILES string of the molecule is CN(C)CCc1c[nH]c2ccc(Cn3cncn3)cc12.CN1[C@@H]2CC[C@H]1CC(OC(=O)c1c[nH]c3ccccc13)C2. The molecule has 2 fully saturated rings. The van der Waals surface area contributed by atoms with Crippen LogP contribution in [0.25, 0.3) is 21.8 Å². The molecule has 0 aliphatic carbocycles. The number of aromatic nitrogens is 5. The van der Waals surface area contributed by atoms with Crippen molar-refractivity contribution in [2.24, 2.45) is 0 Å². The summed E-state index contributed by atoms with van der Waals surface area (Å²) in [6, 6.07) is 15.5. The van der Waals surface area contributed by atoms with Crippen molar-refractivity contribution in [3.8, 4) is 0 Å². The van der Waals surface area contributed by atoms with Crippen LogP contribution in [0.5, 0.6) is 0 Å². The van der Waals surface area contributed by atoms with Gasteiger partial charge in [0.05, 0.1) is 12.1 Å². The third kappa shape index (κ3) is 6.06. The quantitative estimate of drug-likeness (QED) is 0.280. The van der Waals surface area contributed by atoms with E-state index >= 15 is 0 Å². The zero-order valence-electron chi connectivity index (χ0n) is 24.1. The fourth-order valence-corrected chi connectivity index (χ4v) is 6.29. The van der Waals surface area contributed by atoms with Crippen LogP contribution in [0.2, 0.25) is 0 Å². The van der Waals surface area contributed by atoms with Crippen LogP contribution in [-0.2, 0) is 17.7 Å². The molecule has 3 aromatic heterocycles. The number of para-hydroxylation sites is 1. The molecule has 2 aliphatic rings. The first-order chi connectivity index (χ1) is 19.9. The van der Waals surface area contributed by atoms with Crippen molar-refractivity contribution in [3.05, 3.63) is 84.2 Å². The van der Waals surface area contributed by atoms with E-state index in [0.29, 0.717) is 17.6 Å². The fraction of sp³-hybridized carbons (Fsp3) is 0.406. The second kappa shape index (κ2) is 11.9. The van der Waals surface area contributed by atoms with E-state index in [0.717, 1.165) is 43.3 Å². The van der Waals surface area contributed by atoms with Gasteiger partial charge in [-0.1, -0.05) is 24.3 Å². The van der Waals surface area contributed by atoms with E-state index in [1.807, 2.05) is 28.9 Å². The van der Waals surface area contributed by atoms with Crippen molar-refractivity contribution in [3.63, 3.8) is 0 Å². The number of hydrogen-bond acceptors (Lipinski definition) is 6. The first kappa shape index (κ1) is 27.2. The second-order valence-electron chi connectivity index (χ2n) is 11.6. The number of benzene rings is 2. The number of H-pyrrole nitrogens is 2. The number of nitrogens with zero attached hydrogens (tertiary/aromatic N) is 5. The van der Waals surface area contributed by atoms with Crippen LogP contribution in [0, 0.1) is 0 Å². The summed E-state index contributed by atoms with van der Waals surface area (Å²) in [5.41, 5.74) is 5.44. The van der Waals surface area contributed by atoms with Gasteiger partial charge in [-0.15, -0.1) is 0 Å². The van der Waals surface area contributed by atoms with Crippen LogP contribution >= 0.6 is 0 Å². The minimum atomic E-state index is -0.193. The summed E-state index contributed by atoms with van der Waals surface area (Å²) in [4.78, 5) is 27.6. The van der Waals surface area contributed by atoms with Crippen molar-refractivity contribution < 1.29 is 9.53 Å². The smallest absolute Gasteiger partial charge is 0.340 e. The summed E-state index contributed by atoms with van der Waals surface area (Å²) in [5, 5.41) is 6.40. The maximum absolute atomic E-state index is 12.4. The van der Waals surface area contributed by atoms with E-state index in [9.17, 15) is 4.79 Å². The highest BCUT2D eigenvalue weighted by atomic mass is 16.5. The predicted octanol–water partition coefficient (Wildman–Crippen LogP) is 4.86. The Kier molecular flexibility index (Phi) is 7.89. The molecular formula is C32H39N7O2. The number of nitrogens with one attached hydrogen (secondary N) is 2. The Morgan fingerprint density at radius 2 is 1.78 bits per heavy atom. The molecule has 9 heteroatoms. The average Bonchev–Trinajstić information content (AvgIpc) is 3.75. The molecule has 41 heavy (non-hydrogen) atoms. The number of ether oxygens (including phenoxy) is 1. The summed E-state index contributed by atoms with van der Waals surface area (Å²) in [5.74, 6) is -0.193. The van der Waals surface area contributed by atoms with E-state index in [-0.39, 0.29) is 12.1 Å². The summed E-state index contributed by atoms with van der Waals surface area (Å²) in [6.45, 7) is 1.81. The van der Waals surface area contributed by atoms with Gasteiger partial charge in [-0.3, -0.25) is 0 Å². The van der Waals surface area contributed by atoms with Crippen LogP contribution < -0.4 is 0 Å². The number of likely N-dealkylation sites (N-methyl/N-ethyl adjacent to an activating group) is 1. The number of aromatic amines is 2. The first-order valence-corrected chi connectivity index (χ1v) is 14.5. The second-order valence-corrected chi connectivity index (χ2v) is 11.6. The average molecular weight is 554 g/mol. The first-order valence-electron chi connectivity index (χ1n) is 14.5. The van der Waals surface area contributed by atoms with Crippen molar-refractivity contribution in [2.45, 2.75) is 56.8 Å². The zero-order valence-corrected chi connectivity index (χ0v) is 24.1. The number of rotatable bonds is 7. The van der Waals surface area contributed by atoms with Crippen LogP contribution in [-0.4, -0.2) is 86.4 Å². The molecule has 9 nitrogen and oxygen atoms in total. The van der Waals surface area contributed by atoms with E-state index < -0.39 is 0 Å². The van der Waals surface area contributed by atoms with Crippen molar-refractivity contribution in [1.82, 2.24) is 34.5 Å². The van der Waals surface area contributed by atoms with Gasteiger partial charge in [0, 0.05) is 65.7 Å². The number of piperidine rings is 1. The molecule has 2 aromatic carbocycles. The summed E-state index contributed by atoms with van der Waals surface area (Å²) >= 11 is 0. The number of hydrogen-bond donors (Lipinski definition) is 2. The van der Waals surface area contributed by atoms with Crippen molar-refractivity contribution in [1.29, 1.82) is 0 Å². The molecule has 5 aromatic rings. The molecule has 7 rings (SSSR count). The molecule has 0 radical (unpaired) electrons. The van der Waals surface area contributed by atoms with Crippen LogP contribution in [0.3, 0.4) is 0 Å². The molecule has 0 spiro atoms. The molecule has 214 valence electrons. The topological polar surface area (TPSA) is 95.1 Å². The maximum atomic E-state index is 12.4. The van der Waals surface area contributed by atoms with Crippen molar-refractivity contribution in [2.75, 3.05) is 27.7 Å². The van der Waals surface area contributed by atoms with Gasteiger partial charge in [0.25, 0.3) is 0 Å². The normalized spacial score (nSPS) is 20.4. The van der Waals surface area contributed by atoms with Gasteiger partial charge in [0.1, 0.15) is 18.8 Å². The molecule has 2 bridgehead atoms. The number of esters is 1. The number of carbonyl (C=O) groups excluding carboxylic acids is 1. The Morgan fingerprint density at radius 1 is 1.02 bits per heavy atom. The highest BCUT2D eigenvalue weighted by molar-refractivity contribution is 6.04. The Bertz CT molecular complexity index is 1590. The Hall–Kier alpha value is -3.95. The third-order valence-electron chi connectivity index (χ3n) is 8.61. The molecule has 1 unspecified atom stereocenters. The fourth-order valence-electron chi connectivity index (χ4n) is 6.29. The molecule has 0 saturated carbocycles. The predicted molar refractivity (Wildman–Crippen MR) is 161 cm³/mol. The molecule has 0 amide bonds. The lowest BCUT2D eigenvalue weighted by Crippen LogP contribution is -2.43. The highest BCUT2D eigenvalue weighted by Crippen LogP contribution is 2.36. The van der Waals surface area contributed by atoms with Gasteiger partial charge in [0.2, 0.25) is 0 Å². The lowest BCUT2D eigenvalue weighted by molar-refractivity contribution is -0.000262. The number of carbonyl (C=O) groups is 1. The van der Waals surface area contributed by atoms with Crippen LogP contribution in [0.1, 0.15) is 47.2 Å². The maximum Gasteiger partial charge on any atom is 0.340 e. The number of fused-ring (bicyclic) bond motifs is 4. The van der Waals surface area contributed by atoms with Crippen LogP contribution in [0.4, 0.5) is 0 Å². The van der Waals surface area contributed by atoms with E-state index in [1.165, 1.54) is 34.9 Å². The Balaban J connectivity index is 0.000000148. The van der Waals surface area contributed by atoms with Gasteiger partial charge in [0.15, 0.2) is 0 Å². The van der Waals surface area contributed by atoms with Crippen molar-refractivity contribution >= 4 is 27.8 Å². The standard InChI is InChI=1S/C17H20N2O2.C15H19N5/c1-19-11-6-7-12(19)9-13(8-11)21-17(20)15-10-18-16-5-3-2-4-14(15)16;1-19(2)6-5-13-8-17-15-4-3-12(7-14(13)15)9-20-11-16-10-18-20/h2-5,10-13,18H,6-9H2,1H3;3-4,7-8,10-11,17H,5-6,9H2,1-2H3/t11-,12+,13?;. The molecular weight excluding hydrogens is 514 g/mol. The van der Waals surface area contributed by atoms with E-state index in [1.54, 1.807) is 18.9 Å². The summed E-state index contributed by atoms with van der Waals surface area (Å²) < 4.78 is 7.63. The van der Waals surface area contributed by atoms with Crippen LogP contribution in [0.15, 0.2) is 67.5 Å². The highest BCUT2D eigenvalue weighted by Gasteiger charge is 2.40. The Morgan fingerprint density at radius 3 is 2.54 bits per heavy atom.